The summed E-state index contributed by atoms with van der Waals surface area (Å²) in [7, 11) is 1.80. The summed E-state index contributed by atoms with van der Waals surface area (Å²) < 4.78 is 2.05. The summed E-state index contributed by atoms with van der Waals surface area (Å²) in [6, 6.07) is 9.45. The molecule has 2 aromatic rings. The second-order valence-electron chi connectivity index (χ2n) is 7.04. The second-order valence-corrected chi connectivity index (χ2v) is 7.04. The van der Waals surface area contributed by atoms with Crippen LogP contribution in [0.1, 0.15) is 37.7 Å². The highest BCUT2D eigenvalue weighted by atomic mass is 16.3. The first kappa shape index (κ1) is 17.7. The molecule has 1 unspecified atom stereocenters. The molecule has 1 aromatic heterocycles. The van der Waals surface area contributed by atoms with E-state index in [2.05, 4.69) is 9.55 Å². The summed E-state index contributed by atoms with van der Waals surface area (Å²) in [5.41, 5.74) is -0.688. The topological polar surface area (TPSA) is 60.2 Å². The van der Waals surface area contributed by atoms with Gasteiger partial charge in [-0.2, -0.15) is 0 Å². The molecule has 5 heteroatoms. The van der Waals surface area contributed by atoms with Crippen molar-refractivity contribution in [3.8, 4) is 0 Å². The number of nitrogens with zero attached hydrogens (tertiary/aromatic N) is 2. The minimum atomic E-state index is -1.41. The van der Waals surface area contributed by atoms with Crippen LogP contribution in [-0.2, 0) is 16.9 Å². The van der Waals surface area contributed by atoms with E-state index in [4.69, 9.17) is 0 Å². The lowest BCUT2D eigenvalue weighted by Crippen LogP contribution is -2.50. The van der Waals surface area contributed by atoms with E-state index < -0.39 is 5.60 Å². The van der Waals surface area contributed by atoms with Gasteiger partial charge >= 0.3 is 0 Å². The third-order valence-electron chi connectivity index (χ3n) is 5.35. The lowest BCUT2D eigenvalue weighted by atomic mass is 9.79. The van der Waals surface area contributed by atoms with Gasteiger partial charge in [0, 0.05) is 25.9 Å². The van der Waals surface area contributed by atoms with Crippen molar-refractivity contribution in [2.75, 3.05) is 13.6 Å². The van der Waals surface area contributed by atoms with Crippen LogP contribution in [0.15, 0.2) is 49.1 Å². The maximum atomic E-state index is 13.2. The fourth-order valence-corrected chi connectivity index (χ4v) is 3.91. The van der Waals surface area contributed by atoms with Crippen molar-refractivity contribution in [3.63, 3.8) is 0 Å². The van der Waals surface area contributed by atoms with Crippen molar-refractivity contribution >= 4 is 5.91 Å². The van der Waals surface area contributed by atoms with Gasteiger partial charge in [0.1, 0.15) is 12.4 Å². The molecule has 1 fully saturated rings. The molecule has 2 N–H and O–H groups in total. The molecule has 1 saturated carbocycles. The van der Waals surface area contributed by atoms with E-state index in [9.17, 15) is 9.90 Å². The number of hydrogen-bond acceptors (Lipinski definition) is 2. The smallest absolute Gasteiger partial charge is 0.259 e. The molecule has 0 bridgehead atoms. The van der Waals surface area contributed by atoms with E-state index in [1.54, 1.807) is 11.9 Å². The van der Waals surface area contributed by atoms with E-state index >= 15 is 0 Å². The van der Waals surface area contributed by atoms with Gasteiger partial charge in [-0.25, -0.2) is 4.57 Å². The first-order valence-electron chi connectivity index (χ1n) is 9.17. The molecule has 0 aliphatic heterocycles. The molecule has 0 spiro atoms. The number of aromatic nitrogens is 2. The van der Waals surface area contributed by atoms with Crippen molar-refractivity contribution in [3.05, 3.63) is 54.6 Å². The molecule has 0 radical (unpaired) electrons. The number of rotatable bonds is 7. The molecule has 1 amide bonds. The number of likely N-dealkylation sites (N-methyl/N-ethyl adjacent to an activating group) is 1. The summed E-state index contributed by atoms with van der Waals surface area (Å²) in [5.74, 6) is -0.173. The zero-order valence-corrected chi connectivity index (χ0v) is 14.9. The van der Waals surface area contributed by atoms with E-state index in [-0.39, 0.29) is 11.8 Å². The molecule has 1 aliphatic carbocycles. The fourth-order valence-electron chi connectivity index (χ4n) is 3.91. The molecule has 0 saturated heterocycles. The predicted molar refractivity (Wildman–Crippen MR) is 95.5 cm³/mol. The number of aromatic amines is 1. The summed E-state index contributed by atoms with van der Waals surface area (Å²) in [5, 5.41) is 11.5. The highest BCUT2D eigenvalue weighted by Gasteiger charge is 2.47. The number of imidazole rings is 1. The molecule has 1 aromatic carbocycles. The van der Waals surface area contributed by atoms with Crippen molar-refractivity contribution in [1.82, 2.24) is 9.88 Å². The van der Waals surface area contributed by atoms with Crippen LogP contribution >= 0.6 is 0 Å². The summed E-state index contributed by atoms with van der Waals surface area (Å²) >= 11 is 0. The fraction of sp³-hybridized carbons (Fsp3) is 0.500. The third kappa shape index (κ3) is 3.76. The van der Waals surface area contributed by atoms with Gasteiger partial charge in [-0.15, -0.1) is 0 Å². The number of amides is 1. The molecule has 1 atom stereocenters. The van der Waals surface area contributed by atoms with Crippen LogP contribution in [-0.4, -0.2) is 34.5 Å². The summed E-state index contributed by atoms with van der Waals surface area (Å²) in [4.78, 5) is 17.9. The van der Waals surface area contributed by atoms with E-state index in [1.165, 1.54) is 0 Å². The molecule has 25 heavy (non-hydrogen) atoms. The van der Waals surface area contributed by atoms with Crippen LogP contribution in [0, 0.1) is 5.92 Å². The van der Waals surface area contributed by atoms with Gasteiger partial charge in [0.05, 0.1) is 6.54 Å². The molecule has 134 valence electrons. The minimum Gasteiger partial charge on any atom is -0.375 e. The van der Waals surface area contributed by atoms with Gasteiger partial charge in [-0.3, -0.25) is 9.78 Å². The van der Waals surface area contributed by atoms with Crippen LogP contribution in [0.3, 0.4) is 0 Å². The van der Waals surface area contributed by atoms with Crippen LogP contribution in [0.2, 0.25) is 0 Å². The van der Waals surface area contributed by atoms with E-state index in [1.807, 2.05) is 49.1 Å². The number of hydrogen-bond donors (Lipinski definition) is 2. The number of aryl methyl sites for hydroxylation is 1. The Morgan fingerprint density at radius 2 is 2.04 bits per heavy atom. The predicted octanol–water partition coefficient (Wildman–Crippen LogP) is 2.23. The van der Waals surface area contributed by atoms with E-state index in [0.29, 0.717) is 6.54 Å². The Hall–Kier alpha value is -2.14. The second kappa shape index (κ2) is 7.83. The Kier molecular flexibility index (Phi) is 5.53. The Balaban J connectivity index is 1.72. The van der Waals surface area contributed by atoms with Gasteiger partial charge in [-0.1, -0.05) is 43.2 Å². The number of carbonyl (C=O) groups excluding carboxylic acids is 1. The Morgan fingerprint density at radius 3 is 2.68 bits per heavy atom. The lowest BCUT2D eigenvalue weighted by molar-refractivity contribution is -0.695. The van der Waals surface area contributed by atoms with Crippen LogP contribution < -0.4 is 4.57 Å². The number of nitrogens with one attached hydrogen (secondary N) is 1. The first-order valence-corrected chi connectivity index (χ1v) is 9.17. The molecule has 1 heterocycles. The molecular weight excluding hydrogens is 314 g/mol. The van der Waals surface area contributed by atoms with E-state index in [0.717, 1.165) is 44.2 Å². The van der Waals surface area contributed by atoms with Gasteiger partial charge < -0.3 is 10.0 Å². The molecule has 5 nitrogen and oxygen atoms in total. The minimum absolute atomic E-state index is 0.00361. The zero-order chi connectivity index (χ0) is 17.7. The first-order chi connectivity index (χ1) is 12.1. The van der Waals surface area contributed by atoms with Gasteiger partial charge in [-0.05, 0) is 18.4 Å². The van der Waals surface area contributed by atoms with Gasteiger partial charge in [0.2, 0.25) is 6.33 Å². The van der Waals surface area contributed by atoms with Crippen molar-refractivity contribution < 1.29 is 14.5 Å². The third-order valence-corrected chi connectivity index (χ3v) is 5.35. The monoisotopic (exact) mass is 342 g/mol. The normalized spacial score (nSPS) is 17.4. The zero-order valence-electron chi connectivity index (χ0n) is 14.9. The van der Waals surface area contributed by atoms with Gasteiger partial charge in [0.25, 0.3) is 5.91 Å². The Bertz CT molecular complexity index is 666. The lowest BCUT2D eigenvalue weighted by Gasteiger charge is -2.36. The quantitative estimate of drug-likeness (QED) is 0.758. The van der Waals surface area contributed by atoms with Crippen LogP contribution in [0.25, 0.3) is 0 Å². The SMILES string of the molecule is CN(CCC[n+]1cc[nH]c1)C(=O)C(O)(c1ccccc1)C1CCCC1. The Labute approximate surface area is 149 Å². The highest BCUT2D eigenvalue weighted by molar-refractivity contribution is 5.86. The van der Waals surface area contributed by atoms with Crippen LogP contribution in [0.4, 0.5) is 0 Å². The van der Waals surface area contributed by atoms with Crippen molar-refractivity contribution in [2.45, 2.75) is 44.2 Å². The largest absolute Gasteiger partial charge is 0.375 e. The number of H-pyrrole nitrogens is 1. The maximum Gasteiger partial charge on any atom is 0.259 e. The average molecular weight is 342 g/mol. The highest BCUT2D eigenvalue weighted by Crippen LogP contribution is 2.41. The number of benzene rings is 1. The Morgan fingerprint density at radius 1 is 1.32 bits per heavy atom. The average Bonchev–Trinajstić information content (AvgIpc) is 3.35. The number of aliphatic hydroxyl groups is 1. The maximum absolute atomic E-state index is 13.2. The van der Waals surface area contributed by atoms with Gasteiger partial charge in [0.15, 0.2) is 5.60 Å². The van der Waals surface area contributed by atoms with Crippen molar-refractivity contribution in [2.24, 2.45) is 5.92 Å². The van der Waals surface area contributed by atoms with Crippen LogP contribution in [0.5, 0.6) is 0 Å². The molecular formula is C20H28N3O2+. The number of carbonyl (C=O) groups is 1. The molecule has 3 rings (SSSR count). The standard InChI is InChI=1S/C20H27N3O2/c1-22(13-7-14-23-15-12-21-16-23)19(24)20(25,18-10-5-6-11-18)17-8-3-2-4-9-17/h2-4,8-9,12,15-16,18,25H,5-7,10-11,13-14H2,1H3/p+1. The van der Waals surface area contributed by atoms with Crippen molar-refractivity contribution in [1.29, 1.82) is 0 Å². The molecule has 1 aliphatic rings. The summed E-state index contributed by atoms with van der Waals surface area (Å²) in [6.45, 7) is 1.47. The summed E-state index contributed by atoms with van der Waals surface area (Å²) in [6.07, 6.45) is 10.6.